The van der Waals surface area contributed by atoms with Gasteiger partial charge in [0.05, 0.1) is 18.3 Å². The van der Waals surface area contributed by atoms with Gasteiger partial charge in [-0.05, 0) is 61.6 Å². The van der Waals surface area contributed by atoms with Gasteiger partial charge >= 0.3 is 0 Å². The van der Waals surface area contributed by atoms with E-state index in [1.54, 1.807) is 31.7 Å². The molecule has 0 bridgehead atoms. The number of hydrogen-bond donors (Lipinski definition) is 0. The zero-order chi connectivity index (χ0) is 22.5. The average Bonchev–Trinajstić information content (AvgIpc) is 3.48. The molecule has 32 heavy (non-hydrogen) atoms. The van der Waals surface area contributed by atoms with Gasteiger partial charge in [0.15, 0.2) is 0 Å². The number of ether oxygens (including phenoxy) is 1. The Morgan fingerprint density at radius 3 is 2.84 bits per heavy atom. The first-order valence-electron chi connectivity index (χ1n) is 10.7. The number of benzene rings is 1. The molecule has 1 saturated carbocycles. The van der Waals surface area contributed by atoms with Crippen molar-refractivity contribution in [2.45, 2.75) is 44.7 Å². The first-order valence-corrected chi connectivity index (χ1v) is 10.7. The fraction of sp³-hybridized carbons (Fsp3) is 0.375. The van der Waals surface area contributed by atoms with Crippen LogP contribution in [-0.2, 0) is 17.8 Å². The van der Waals surface area contributed by atoms with Crippen molar-refractivity contribution in [3.63, 3.8) is 0 Å². The first kappa shape index (κ1) is 22.0. The zero-order valence-electron chi connectivity index (χ0n) is 18.4. The molecule has 166 valence electrons. The lowest BCUT2D eigenvalue weighted by molar-refractivity contribution is 0.189. The van der Waals surface area contributed by atoms with Gasteiger partial charge in [-0.25, -0.2) is 14.4 Å². The van der Waals surface area contributed by atoms with E-state index in [9.17, 15) is 4.39 Å². The van der Waals surface area contributed by atoms with Crippen LogP contribution in [-0.4, -0.2) is 46.4 Å². The van der Waals surface area contributed by atoms with E-state index in [0.717, 1.165) is 34.9 Å². The van der Waals surface area contributed by atoms with Crippen molar-refractivity contribution in [2.75, 3.05) is 13.7 Å². The molecule has 2 aromatic heterocycles. The maximum absolute atomic E-state index is 14.8. The predicted molar refractivity (Wildman–Crippen MR) is 124 cm³/mol. The van der Waals surface area contributed by atoms with Crippen LogP contribution in [0.25, 0.3) is 10.9 Å². The SMILES string of the molecule is C=N/C=C\C=N/Cc1ncc(C2CC2c2cc(F)c(C)c3c2cnn3CCCOC)cn1. The molecule has 8 heteroatoms. The third kappa shape index (κ3) is 4.65. The number of aromatic nitrogens is 4. The van der Waals surface area contributed by atoms with Crippen LogP contribution in [0.3, 0.4) is 0 Å². The lowest BCUT2D eigenvalue weighted by Crippen LogP contribution is -2.04. The highest BCUT2D eigenvalue weighted by Gasteiger charge is 2.41. The smallest absolute Gasteiger partial charge is 0.149 e. The highest BCUT2D eigenvalue weighted by Crippen LogP contribution is 2.56. The molecule has 0 spiro atoms. The molecule has 0 aliphatic heterocycles. The van der Waals surface area contributed by atoms with Gasteiger partial charge in [-0.1, -0.05) is 0 Å². The molecule has 2 heterocycles. The maximum atomic E-state index is 14.8. The summed E-state index contributed by atoms with van der Waals surface area (Å²) in [7, 11) is 1.68. The molecule has 1 aliphatic carbocycles. The summed E-state index contributed by atoms with van der Waals surface area (Å²) in [6.07, 6.45) is 12.3. The van der Waals surface area contributed by atoms with Gasteiger partial charge < -0.3 is 4.74 Å². The summed E-state index contributed by atoms with van der Waals surface area (Å²) in [6.45, 7) is 6.94. The van der Waals surface area contributed by atoms with E-state index in [4.69, 9.17) is 4.74 Å². The van der Waals surface area contributed by atoms with E-state index in [1.165, 1.54) is 0 Å². The van der Waals surface area contributed by atoms with Gasteiger partial charge in [0.1, 0.15) is 11.6 Å². The molecule has 1 aromatic carbocycles. The van der Waals surface area contributed by atoms with Crippen molar-refractivity contribution in [1.82, 2.24) is 19.7 Å². The van der Waals surface area contributed by atoms with Crippen molar-refractivity contribution in [1.29, 1.82) is 0 Å². The summed E-state index contributed by atoms with van der Waals surface area (Å²) in [5.41, 5.74) is 3.61. The summed E-state index contributed by atoms with van der Waals surface area (Å²) in [5.74, 6) is 1.00. The normalized spacial score (nSPS) is 18.2. The quantitative estimate of drug-likeness (QED) is 0.351. The van der Waals surface area contributed by atoms with Crippen molar-refractivity contribution in [2.24, 2.45) is 9.98 Å². The number of halogens is 1. The fourth-order valence-electron chi connectivity index (χ4n) is 4.10. The van der Waals surface area contributed by atoms with E-state index in [1.807, 2.05) is 30.2 Å². The Hall–Kier alpha value is -3.26. The molecular formula is C24H27FN6O. The number of hydrogen-bond acceptors (Lipinski definition) is 6. The highest BCUT2D eigenvalue weighted by molar-refractivity contribution is 5.86. The second-order valence-corrected chi connectivity index (χ2v) is 7.94. The van der Waals surface area contributed by atoms with Crippen LogP contribution < -0.4 is 0 Å². The Morgan fingerprint density at radius 2 is 2.09 bits per heavy atom. The topological polar surface area (TPSA) is 77.5 Å². The predicted octanol–water partition coefficient (Wildman–Crippen LogP) is 4.37. The lowest BCUT2D eigenvalue weighted by atomic mass is 10.00. The summed E-state index contributed by atoms with van der Waals surface area (Å²) in [6, 6.07) is 1.68. The summed E-state index contributed by atoms with van der Waals surface area (Å²) < 4.78 is 21.8. The van der Waals surface area contributed by atoms with E-state index in [-0.39, 0.29) is 17.7 Å². The van der Waals surface area contributed by atoms with Crippen molar-refractivity contribution in [3.05, 3.63) is 65.3 Å². The highest BCUT2D eigenvalue weighted by atomic mass is 19.1. The third-order valence-electron chi connectivity index (χ3n) is 5.82. The number of aryl methyl sites for hydroxylation is 2. The van der Waals surface area contributed by atoms with Crippen LogP contribution in [0.1, 0.15) is 47.2 Å². The molecule has 1 fully saturated rings. The monoisotopic (exact) mass is 434 g/mol. The number of fused-ring (bicyclic) bond motifs is 1. The van der Waals surface area contributed by atoms with Gasteiger partial charge in [0.2, 0.25) is 0 Å². The third-order valence-corrected chi connectivity index (χ3v) is 5.82. The van der Waals surface area contributed by atoms with E-state index >= 15 is 0 Å². The number of rotatable bonds is 10. The van der Waals surface area contributed by atoms with Gasteiger partial charge in [0.25, 0.3) is 0 Å². The molecule has 0 saturated heterocycles. The number of methoxy groups -OCH3 is 1. The molecule has 7 nitrogen and oxygen atoms in total. The van der Waals surface area contributed by atoms with Crippen LogP contribution >= 0.6 is 0 Å². The van der Waals surface area contributed by atoms with Crippen LogP contribution in [0.5, 0.6) is 0 Å². The molecule has 0 amide bonds. The van der Waals surface area contributed by atoms with Crippen LogP contribution in [0.4, 0.5) is 4.39 Å². The van der Waals surface area contributed by atoms with E-state index in [2.05, 4.69) is 31.8 Å². The Kier molecular flexibility index (Phi) is 6.80. The van der Waals surface area contributed by atoms with Crippen LogP contribution in [0.15, 0.2) is 46.9 Å². The van der Waals surface area contributed by atoms with E-state index < -0.39 is 0 Å². The Labute approximate surface area is 186 Å². The van der Waals surface area contributed by atoms with Crippen LogP contribution in [0, 0.1) is 12.7 Å². The molecule has 4 rings (SSSR count). The number of allylic oxidation sites excluding steroid dienone is 1. The molecular weight excluding hydrogens is 407 g/mol. The Balaban J connectivity index is 1.50. The largest absolute Gasteiger partial charge is 0.385 e. The average molecular weight is 435 g/mol. The molecule has 0 radical (unpaired) electrons. The number of aliphatic imine (C=N–C) groups is 2. The number of nitrogens with zero attached hydrogens (tertiary/aromatic N) is 6. The lowest BCUT2D eigenvalue weighted by Gasteiger charge is -2.10. The van der Waals surface area contributed by atoms with Crippen LogP contribution in [0.2, 0.25) is 0 Å². The van der Waals surface area contributed by atoms with Crippen molar-refractivity contribution < 1.29 is 9.13 Å². The summed E-state index contributed by atoms with van der Waals surface area (Å²) >= 11 is 0. The van der Waals surface area contributed by atoms with Gasteiger partial charge in [-0.3, -0.25) is 14.7 Å². The van der Waals surface area contributed by atoms with E-state index in [0.29, 0.717) is 31.1 Å². The van der Waals surface area contributed by atoms with Crippen molar-refractivity contribution >= 4 is 23.8 Å². The first-order chi connectivity index (χ1) is 15.6. The minimum Gasteiger partial charge on any atom is -0.385 e. The summed E-state index contributed by atoms with van der Waals surface area (Å²) in [5, 5.41) is 5.57. The molecule has 2 unspecified atom stereocenters. The Morgan fingerprint density at radius 1 is 1.28 bits per heavy atom. The minimum absolute atomic E-state index is 0.184. The second kappa shape index (κ2) is 9.91. The van der Waals surface area contributed by atoms with Gasteiger partial charge in [0, 0.05) is 56.0 Å². The molecule has 3 aromatic rings. The maximum Gasteiger partial charge on any atom is 0.149 e. The summed E-state index contributed by atoms with van der Waals surface area (Å²) in [4.78, 5) is 16.7. The fourth-order valence-corrected chi connectivity index (χ4v) is 4.10. The van der Waals surface area contributed by atoms with Gasteiger partial charge in [-0.2, -0.15) is 5.10 Å². The second-order valence-electron chi connectivity index (χ2n) is 7.94. The molecule has 0 N–H and O–H groups in total. The standard InChI is InChI=1S/C24H27FN6O/c1-16-22(25)11-20(21-14-30-31(24(16)21)8-5-9-32-3)19-10-18(19)17-12-28-23(29-13-17)15-27-7-4-6-26-2/h4,6-7,11-14,18-19H,2,5,8-10,15H2,1,3H3/b6-4-,27-7-. The van der Waals surface area contributed by atoms with Gasteiger partial charge in [-0.15, -0.1) is 0 Å². The van der Waals surface area contributed by atoms with Crippen molar-refractivity contribution in [3.8, 4) is 0 Å². The Bertz CT molecular complexity index is 1150. The molecule has 2 atom stereocenters. The molecule has 1 aliphatic rings. The minimum atomic E-state index is -0.184. The zero-order valence-corrected chi connectivity index (χ0v) is 18.4.